The first kappa shape index (κ1) is 12.1. The molecule has 1 heterocycles. The van der Waals surface area contributed by atoms with E-state index < -0.39 is 0 Å². The maximum atomic E-state index is 5.43. The molecule has 0 saturated carbocycles. The van der Waals surface area contributed by atoms with Crippen LogP contribution in [0.1, 0.15) is 18.4 Å². The molecule has 16 heavy (non-hydrogen) atoms. The largest absolute Gasteiger partial charge is 0.379 e. The second-order valence-corrected chi connectivity index (χ2v) is 5.41. The molecule has 1 aliphatic heterocycles. The first-order valence-corrected chi connectivity index (χ1v) is 6.54. The van der Waals surface area contributed by atoms with Crippen molar-refractivity contribution in [2.75, 3.05) is 26.8 Å². The van der Waals surface area contributed by atoms with Gasteiger partial charge in [0, 0.05) is 9.89 Å². The van der Waals surface area contributed by atoms with Crippen molar-refractivity contribution in [2.45, 2.75) is 18.3 Å². The van der Waals surface area contributed by atoms with Crippen LogP contribution in [0.2, 0.25) is 0 Å². The highest BCUT2D eigenvalue weighted by atomic mass is 79.9. The van der Waals surface area contributed by atoms with E-state index in [1.807, 2.05) is 7.05 Å². The Hall–Kier alpha value is -0.380. The first-order valence-electron chi connectivity index (χ1n) is 5.75. The molecule has 1 saturated heterocycles. The molecule has 3 heteroatoms. The third-order valence-electron chi connectivity index (χ3n) is 3.28. The molecular weight excluding hydrogens is 266 g/mol. The van der Waals surface area contributed by atoms with Gasteiger partial charge in [-0.1, -0.05) is 28.1 Å². The van der Waals surface area contributed by atoms with Gasteiger partial charge in [0.05, 0.1) is 13.2 Å². The fourth-order valence-corrected chi connectivity index (χ4v) is 2.62. The molecule has 0 bridgehead atoms. The van der Waals surface area contributed by atoms with Crippen molar-refractivity contribution in [3.63, 3.8) is 0 Å². The van der Waals surface area contributed by atoms with Crippen molar-refractivity contribution in [2.24, 2.45) is 0 Å². The van der Waals surface area contributed by atoms with Crippen molar-refractivity contribution in [3.8, 4) is 0 Å². The molecule has 1 aromatic rings. The topological polar surface area (TPSA) is 21.3 Å². The van der Waals surface area contributed by atoms with E-state index in [0.29, 0.717) is 0 Å². The van der Waals surface area contributed by atoms with Crippen LogP contribution >= 0.6 is 15.9 Å². The van der Waals surface area contributed by atoms with Crippen LogP contribution in [0.25, 0.3) is 0 Å². The Bertz CT molecular complexity index is 350. The molecular formula is C13H18BrNO. The highest BCUT2D eigenvalue weighted by Crippen LogP contribution is 2.37. The fourth-order valence-electron chi connectivity index (χ4n) is 2.23. The number of ether oxygens (including phenoxy) is 1. The molecule has 2 nitrogen and oxygen atoms in total. The third-order valence-corrected chi connectivity index (χ3v) is 3.77. The lowest BCUT2D eigenvalue weighted by molar-refractivity contribution is -0.0650. The quantitative estimate of drug-likeness (QED) is 0.839. The summed E-state index contributed by atoms with van der Waals surface area (Å²) in [4.78, 5) is 0. The molecule has 0 unspecified atom stereocenters. The van der Waals surface area contributed by atoms with Gasteiger partial charge in [-0.25, -0.2) is 0 Å². The lowest BCUT2D eigenvalue weighted by atomic mass is 9.75. The summed E-state index contributed by atoms with van der Waals surface area (Å²) in [5.41, 5.74) is 1.67. The van der Waals surface area contributed by atoms with Crippen LogP contribution in [0.15, 0.2) is 28.7 Å². The Morgan fingerprint density at radius 1 is 1.44 bits per heavy atom. The highest BCUT2D eigenvalue weighted by Gasteiger charge is 2.39. The maximum absolute atomic E-state index is 5.43. The predicted octanol–water partition coefficient (Wildman–Crippen LogP) is 2.72. The van der Waals surface area contributed by atoms with Gasteiger partial charge in [0.1, 0.15) is 0 Å². The molecule has 0 aromatic heterocycles. The third kappa shape index (κ3) is 2.47. The molecule has 1 aliphatic rings. The minimum Gasteiger partial charge on any atom is -0.379 e. The Morgan fingerprint density at radius 3 is 2.81 bits per heavy atom. The normalized spacial score (nSPS) is 18.1. The van der Waals surface area contributed by atoms with Crippen LogP contribution in [0.5, 0.6) is 0 Å². The van der Waals surface area contributed by atoms with Gasteiger partial charge in [-0.2, -0.15) is 0 Å². The minimum absolute atomic E-state index is 0.265. The summed E-state index contributed by atoms with van der Waals surface area (Å²) in [6.45, 7) is 2.82. The minimum atomic E-state index is 0.265. The summed E-state index contributed by atoms with van der Waals surface area (Å²) in [6.07, 6.45) is 2.40. The van der Waals surface area contributed by atoms with Gasteiger partial charge in [0.2, 0.25) is 0 Å². The number of hydrogen-bond donors (Lipinski definition) is 1. The summed E-state index contributed by atoms with van der Waals surface area (Å²) in [5.74, 6) is 0. The van der Waals surface area contributed by atoms with Crippen LogP contribution in [-0.2, 0) is 10.2 Å². The van der Waals surface area contributed by atoms with Gasteiger partial charge < -0.3 is 10.1 Å². The van der Waals surface area contributed by atoms with Gasteiger partial charge in [-0.3, -0.25) is 0 Å². The zero-order valence-electron chi connectivity index (χ0n) is 9.63. The Morgan fingerprint density at radius 2 is 2.25 bits per heavy atom. The zero-order chi connectivity index (χ0) is 11.4. The number of hydrogen-bond acceptors (Lipinski definition) is 2. The average molecular weight is 284 g/mol. The molecule has 2 rings (SSSR count). The standard InChI is InChI=1S/C13H18BrNO/c1-15-7-3-6-13(9-16-10-13)11-4-2-5-12(14)8-11/h2,4-5,8,15H,3,6-7,9-10H2,1H3. The summed E-state index contributed by atoms with van der Waals surface area (Å²) >= 11 is 3.54. The van der Waals surface area contributed by atoms with Crippen molar-refractivity contribution in [1.82, 2.24) is 5.32 Å². The van der Waals surface area contributed by atoms with E-state index >= 15 is 0 Å². The molecule has 0 radical (unpaired) electrons. The highest BCUT2D eigenvalue weighted by molar-refractivity contribution is 9.10. The van der Waals surface area contributed by atoms with Crippen molar-refractivity contribution >= 4 is 15.9 Å². The summed E-state index contributed by atoms with van der Waals surface area (Å²) in [7, 11) is 2.00. The lowest BCUT2D eigenvalue weighted by Crippen LogP contribution is -2.47. The molecule has 1 fully saturated rings. The summed E-state index contributed by atoms with van der Waals surface area (Å²) in [6, 6.07) is 8.62. The lowest BCUT2D eigenvalue weighted by Gasteiger charge is -2.42. The molecule has 0 spiro atoms. The van der Waals surface area contributed by atoms with Gasteiger partial charge in [-0.15, -0.1) is 0 Å². The van der Waals surface area contributed by atoms with E-state index in [4.69, 9.17) is 4.74 Å². The van der Waals surface area contributed by atoms with Crippen LogP contribution in [0.4, 0.5) is 0 Å². The second kappa shape index (κ2) is 5.30. The van der Waals surface area contributed by atoms with E-state index in [-0.39, 0.29) is 5.41 Å². The van der Waals surface area contributed by atoms with Crippen LogP contribution < -0.4 is 5.32 Å². The van der Waals surface area contributed by atoms with E-state index in [2.05, 4.69) is 45.5 Å². The Labute approximate surface area is 106 Å². The number of nitrogens with one attached hydrogen (secondary N) is 1. The maximum Gasteiger partial charge on any atom is 0.0585 e. The first-order chi connectivity index (χ1) is 7.77. The average Bonchev–Trinajstić information content (AvgIpc) is 2.22. The Balaban J connectivity index is 2.08. The van der Waals surface area contributed by atoms with Gasteiger partial charge in [0.25, 0.3) is 0 Å². The van der Waals surface area contributed by atoms with Gasteiger partial charge in [-0.05, 0) is 44.1 Å². The predicted molar refractivity (Wildman–Crippen MR) is 69.8 cm³/mol. The van der Waals surface area contributed by atoms with Crippen LogP contribution in [0, 0.1) is 0 Å². The van der Waals surface area contributed by atoms with Crippen LogP contribution in [0.3, 0.4) is 0 Å². The monoisotopic (exact) mass is 283 g/mol. The van der Waals surface area contributed by atoms with Gasteiger partial charge >= 0.3 is 0 Å². The van der Waals surface area contributed by atoms with Crippen molar-refractivity contribution in [3.05, 3.63) is 34.3 Å². The second-order valence-electron chi connectivity index (χ2n) is 4.49. The van der Waals surface area contributed by atoms with E-state index in [0.717, 1.165) is 24.2 Å². The van der Waals surface area contributed by atoms with Crippen LogP contribution in [-0.4, -0.2) is 26.8 Å². The molecule has 88 valence electrons. The molecule has 0 amide bonds. The van der Waals surface area contributed by atoms with Gasteiger partial charge in [0.15, 0.2) is 0 Å². The van der Waals surface area contributed by atoms with E-state index in [9.17, 15) is 0 Å². The summed E-state index contributed by atoms with van der Waals surface area (Å²) < 4.78 is 6.58. The molecule has 0 aliphatic carbocycles. The fraction of sp³-hybridized carbons (Fsp3) is 0.538. The molecule has 0 atom stereocenters. The van der Waals surface area contributed by atoms with E-state index in [1.165, 1.54) is 18.4 Å². The SMILES string of the molecule is CNCCCC1(c2cccc(Br)c2)COC1. The van der Waals surface area contributed by atoms with Crippen molar-refractivity contribution < 1.29 is 4.74 Å². The molecule has 1 N–H and O–H groups in total. The molecule has 1 aromatic carbocycles. The number of rotatable bonds is 5. The zero-order valence-corrected chi connectivity index (χ0v) is 11.2. The smallest absolute Gasteiger partial charge is 0.0585 e. The van der Waals surface area contributed by atoms with Crippen molar-refractivity contribution in [1.29, 1.82) is 0 Å². The van der Waals surface area contributed by atoms with E-state index in [1.54, 1.807) is 0 Å². The number of halogens is 1. The number of benzene rings is 1. The summed E-state index contributed by atoms with van der Waals surface area (Å²) in [5, 5.41) is 3.20. The Kier molecular flexibility index (Phi) is 4.00.